The maximum atomic E-state index is 13.7. The second-order valence-corrected chi connectivity index (χ2v) is 9.70. The van der Waals surface area contributed by atoms with Gasteiger partial charge in [-0.1, -0.05) is 36.4 Å². The number of hydrogen-bond acceptors (Lipinski definition) is 6. The third-order valence-electron chi connectivity index (χ3n) is 7.02. The summed E-state index contributed by atoms with van der Waals surface area (Å²) in [5.41, 5.74) is 7.65. The maximum absolute atomic E-state index is 13.7. The van der Waals surface area contributed by atoms with Crippen LogP contribution in [-0.2, 0) is 11.4 Å². The molecule has 0 fully saturated rings. The number of amides is 1. The van der Waals surface area contributed by atoms with Crippen molar-refractivity contribution in [1.29, 1.82) is 0 Å². The Morgan fingerprint density at radius 3 is 2.49 bits per heavy atom. The minimum atomic E-state index is -0.473. The predicted molar refractivity (Wildman–Crippen MR) is 152 cm³/mol. The summed E-state index contributed by atoms with van der Waals surface area (Å²) in [5, 5.41) is 10.7. The molecule has 0 radical (unpaired) electrons. The molecule has 1 amide bonds. The second kappa shape index (κ2) is 11.0. The number of anilines is 2. The number of hydrogen-bond donors (Lipinski definition) is 2. The molecule has 1 aromatic heterocycles. The van der Waals surface area contributed by atoms with Crippen LogP contribution >= 0.6 is 0 Å². The van der Waals surface area contributed by atoms with Crippen LogP contribution in [0.3, 0.4) is 0 Å². The number of benzene rings is 3. The van der Waals surface area contributed by atoms with Gasteiger partial charge in [-0.25, -0.2) is 4.68 Å². The molecule has 2 heterocycles. The van der Waals surface area contributed by atoms with Gasteiger partial charge in [-0.15, -0.1) is 0 Å². The molecule has 39 heavy (non-hydrogen) atoms. The van der Waals surface area contributed by atoms with Crippen LogP contribution in [-0.4, -0.2) is 27.3 Å². The van der Waals surface area contributed by atoms with Gasteiger partial charge in [-0.05, 0) is 86.7 Å². The third kappa shape index (κ3) is 5.36. The van der Waals surface area contributed by atoms with E-state index in [4.69, 9.17) is 9.47 Å². The number of fused-ring (bicyclic) bond motifs is 1. The van der Waals surface area contributed by atoms with Crippen molar-refractivity contribution >= 4 is 17.5 Å². The fourth-order valence-corrected chi connectivity index (χ4v) is 4.82. The normalized spacial score (nSPS) is 14.4. The van der Waals surface area contributed by atoms with Crippen LogP contribution in [0.1, 0.15) is 47.7 Å². The van der Waals surface area contributed by atoms with Crippen LogP contribution in [0, 0.1) is 20.8 Å². The van der Waals surface area contributed by atoms with Crippen molar-refractivity contribution in [2.24, 2.45) is 0 Å². The third-order valence-corrected chi connectivity index (χ3v) is 7.02. The Morgan fingerprint density at radius 2 is 1.72 bits per heavy atom. The first-order chi connectivity index (χ1) is 18.9. The van der Waals surface area contributed by atoms with Gasteiger partial charge in [0.25, 0.3) is 5.91 Å². The summed E-state index contributed by atoms with van der Waals surface area (Å²) in [7, 11) is 0. The number of carbonyl (C=O) groups excluding carboxylic acids is 1. The number of nitrogens with one attached hydrogen (secondary N) is 2. The van der Waals surface area contributed by atoms with Gasteiger partial charge in [-0.3, -0.25) is 4.79 Å². The monoisotopic (exact) mass is 523 g/mol. The Bertz CT molecular complexity index is 1540. The zero-order valence-corrected chi connectivity index (χ0v) is 22.9. The van der Waals surface area contributed by atoms with Crippen LogP contribution in [0.2, 0.25) is 0 Å². The van der Waals surface area contributed by atoms with Crippen molar-refractivity contribution in [1.82, 2.24) is 14.8 Å². The molecule has 4 aromatic rings. The second-order valence-electron chi connectivity index (χ2n) is 9.70. The van der Waals surface area contributed by atoms with Gasteiger partial charge in [-0.2, -0.15) is 10.1 Å². The van der Waals surface area contributed by atoms with E-state index in [1.54, 1.807) is 4.68 Å². The molecule has 0 aliphatic carbocycles. The highest BCUT2D eigenvalue weighted by Crippen LogP contribution is 2.36. The number of allylic oxidation sites excluding steroid dienone is 1. The number of rotatable bonds is 8. The lowest BCUT2D eigenvalue weighted by atomic mass is 9.95. The van der Waals surface area contributed by atoms with Crippen LogP contribution in [0.5, 0.6) is 11.5 Å². The summed E-state index contributed by atoms with van der Waals surface area (Å²) in [6, 6.07) is 19.1. The molecule has 1 atom stereocenters. The quantitative estimate of drug-likeness (QED) is 0.290. The Balaban J connectivity index is 1.41. The van der Waals surface area contributed by atoms with Gasteiger partial charge in [0.05, 0.1) is 17.9 Å². The van der Waals surface area contributed by atoms with Crippen molar-refractivity contribution in [2.75, 3.05) is 17.2 Å². The first-order valence-electron chi connectivity index (χ1n) is 13.1. The number of ether oxygens (including phenoxy) is 2. The number of nitrogens with zero attached hydrogens (tertiary/aromatic N) is 3. The number of para-hydroxylation sites is 2. The van der Waals surface area contributed by atoms with Gasteiger partial charge in [0, 0.05) is 5.70 Å². The standard InChI is InChI=1S/C31H33N5O3/c1-6-38-27-10-8-7-9-26(27)35-30(37)28-22(5)34-31-32-18-33-36(31)29(28)23-11-13-25(14-12-23)39-17-24-16-20(3)19(2)15-21(24)4/h7-16,18,29H,6,17H2,1-5H3,(H,35,37)(H,32,33,34). The van der Waals surface area contributed by atoms with E-state index in [0.29, 0.717) is 41.9 Å². The number of aryl methyl sites for hydroxylation is 3. The van der Waals surface area contributed by atoms with Gasteiger partial charge >= 0.3 is 0 Å². The largest absolute Gasteiger partial charge is 0.492 e. The number of carbonyl (C=O) groups is 1. The van der Waals surface area contributed by atoms with Crippen LogP contribution < -0.4 is 20.1 Å². The Kier molecular flexibility index (Phi) is 7.36. The Labute approximate surface area is 228 Å². The first-order valence-corrected chi connectivity index (χ1v) is 13.1. The highest BCUT2D eigenvalue weighted by molar-refractivity contribution is 6.06. The molecule has 8 nitrogen and oxygen atoms in total. The van der Waals surface area contributed by atoms with Gasteiger partial charge < -0.3 is 20.1 Å². The summed E-state index contributed by atoms with van der Waals surface area (Å²) >= 11 is 0. The SMILES string of the molecule is CCOc1ccccc1NC(=O)C1=C(C)Nc2ncnn2C1c1ccc(OCc2cc(C)c(C)cc2C)cc1. The van der Waals surface area contributed by atoms with Crippen molar-refractivity contribution < 1.29 is 14.3 Å². The van der Waals surface area contributed by atoms with Crippen molar-refractivity contribution in [3.63, 3.8) is 0 Å². The van der Waals surface area contributed by atoms with Crippen molar-refractivity contribution in [3.8, 4) is 11.5 Å². The summed E-state index contributed by atoms with van der Waals surface area (Å²) in [6.07, 6.45) is 1.48. The highest BCUT2D eigenvalue weighted by Gasteiger charge is 2.33. The molecular weight excluding hydrogens is 490 g/mol. The molecule has 0 bridgehead atoms. The van der Waals surface area contributed by atoms with Gasteiger partial charge in [0.2, 0.25) is 5.95 Å². The van der Waals surface area contributed by atoms with E-state index in [9.17, 15) is 4.79 Å². The number of aromatic nitrogens is 3. The molecule has 0 spiro atoms. The topological polar surface area (TPSA) is 90.3 Å². The summed E-state index contributed by atoms with van der Waals surface area (Å²) < 4.78 is 13.6. The van der Waals surface area contributed by atoms with E-state index in [0.717, 1.165) is 16.9 Å². The minimum absolute atomic E-state index is 0.246. The summed E-state index contributed by atoms with van der Waals surface area (Å²) in [5.74, 6) is 1.70. The molecular formula is C31H33N5O3. The lowest BCUT2D eigenvalue weighted by molar-refractivity contribution is -0.113. The Hall–Kier alpha value is -4.59. The fourth-order valence-electron chi connectivity index (χ4n) is 4.82. The molecule has 2 N–H and O–H groups in total. The molecule has 1 unspecified atom stereocenters. The van der Waals surface area contributed by atoms with Crippen LogP contribution in [0.15, 0.2) is 78.3 Å². The fraction of sp³-hybridized carbons (Fsp3) is 0.258. The highest BCUT2D eigenvalue weighted by atomic mass is 16.5. The minimum Gasteiger partial charge on any atom is -0.492 e. The average Bonchev–Trinajstić information content (AvgIpc) is 3.39. The predicted octanol–water partition coefficient (Wildman–Crippen LogP) is 6.11. The summed E-state index contributed by atoms with van der Waals surface area (Å²) in [4.78, 5) is 18.0. The molecule has 0 saturated carbocycles. The van der Waals surface area contributed by atoms with E-state index in [1.807, 2.05) is 62.4 Å². The van der Waals surface area contributed by atoms with Crippen LogP contribution in [0.25, 0.3) is 0 Å². The lowest BCUT2D eigenvalue weighted by Crippen LogP contribution is -2.31. The molecule has 8 heteroatoms. The first kappa shape index (κ1) is 26.0. The average molecular weight is 524 g/mol. The van der Waals surface area contributed by atoms with E-state index >= 15 is 0 Å². The smallest absolute Gasteiger partial charge is 0.255 e. The molecule has 200 valence electrons. The summed E-state index contributed by atoms with van der Waals surface area (Å²) in [6.45, 7) is 11.1. The molecule has 1 aliphatic heterocycles. The molecule has 1 aliphatic rings. The molecule has 5 rings (SSSR count). The van der Waals surface area contributed by atoms with Crippen LogP contribution in [0.4, 0.5) is 11.6 Å². The van der Waals surface area contributed by atoms with E-state index in [-0.39, 0.29) is 5.91 Å². The Morgan fingerprint density at radius 1 is 0.974 bits per heavy atom. The van der Waals surface area contributed by atoms with E-state index in [1.165, 1.54) is 23.0 Å². The van der Waals surface area contributed by atoms with Gasteiger partial charge in [0.15, 0.2) is 0 Å². The van der Waals surface area contributed by atoms with Gasteiger partial charge in [0.1, 0.15) is 30.5 Å². The lowest BCUT2D eigenvalue weighted by Gasteiger charge is -2.29. The zero-order valence-electron chi connectivity index (χ0n) is 22.9. The van der Waals surface area contributed by atoms with Crippen molar-refractivity contribution in [3.05, 3.63) is 106 Å². The van der Waals surface area contributed by atoms with E-state index in [2.05, 4.69) is 53.6 Å². The molecule has 3 aromatic carbocycles. The van der Waals surface area contributed by atoms with Crippen molar-refractivity contribution in [2.45, 2.75) is 47.3 Å². The maximum Gasteiger partial charge on any atom is 0.255 e. The zero-order chi connectivity index (χ0) is 27.5. The molecule has 0 saturated heterocycles. The van der Waals surface area contributed by atoms with E-state index < -0.39 is 6.04 Å².